The molecule has 0 aliphatic carbocycles. The molecule has 0 heterocycles. The van der Waals surface area contributed by atoms with E-state index in [9.17, 15) is 0 Å². The lowest BCUT2D eigenvalue weighted by molar-refractivity contribution is 0.844. The summed E-state index contributed by atoms with van der Waals surface area (Å²) in [6.45, 7) is 0. The molecule has 0 aliphatic rings. The van der Waals surface area contributed by atoms with Crippen LogP contribution < -0.4 is 0 Å². The minimum atomic E-state index is -0.268. The Labute approximate surface area is 126 Å². The summed E-state index contributed by atoms with van der Waals surface area (Å²) in [5, 5.41) is 0. The van der Waals surface area contributed by atoms with Crippen molar-refractivity contribution in [2.75, 3.05) is 0 Å². The smallest absolute Gasteiger partial charge is 0.0673 e. The van der Waals surface area contributed by atoms with Crippen LogP contribution in [0.2, 0.25) is 0 Å². The van der Waals surface area contributed by atoms with Gasteiger partial charge in [-0.3, -0.25) is 0 Å². The maximum Gasteiger partial charge on any atom is 0.137 e. The van der Waals surface area contributed by atoms with Crippen LogP contribution in [-0.4, -0.2) is 2.14 Å². The van der Waals surface area contributed by atoms with Gasteiger partial charge in [0, 0.05) is 6.42 Å². The molecule has 0 fully saturated rings. The van der Waals surface area contributed by atoms with E-state index in [1.54, 1.807) is 0 Å². The van der Waals surface area contributed by atoms with Crippen LogP contribution in [0.3, 0.4) is 0 Å². The zero-order chi connectivity index (χ0) is 10.8. The third-order valence-corrected chi connectivity index (χ3v) is 3.94. The molecule has 0 amide bonds. The fourth-order valence-corrected chi connectivity index (χ4v) is 5.92. The molecule has 0 saturated carbocycles. The average molecular weight is 515 g/mol. The highest BCUT2D eigenvalue weighted by atomic mass is 80.0. The van der Waals surface area contributed by atoms with Crippen molar-refractivity contribution >= 4 is 79.6 Å². The van der Waals surface area contributed by atoms with E-state index in [4.69, 9.17) is 0 Å². The van der Waals surface area contributed by atoms with Crippen molar-refractivity contribution in [1.82, 2.24) is 0 Å². The van der Waals surface area contributed by atoms with Crippen LogP contribution in [0.15, 0.2) is 30.3 Å². The molecule has 1 aromatic carbocycles. The highest BCUT2D eigenvalue weighted by Crippen LogP contribution is 2.51. The molecule has 0 N–H and O–H groups in total. The Bertz CT molecular complexity index is 288. The molecule has 0 nitrogen and oxygen atoms in total. The van der Waals surface area contributed by atoms with Gasteiger partial charge >= 0.3 is 0 Å². The van der Waals surface area contributed by atoms with Crippen molar-refractivity contribution in [2.45, 2.75) is 11.8 Å². The van der Waals surface area contributed by atoms with Crippen LogP contribution in [0.5, 0.6) is 0 Å². The van der Waals surface area contributed by atoms with Crippen LogP contribution in [0.4, 0.5) is 0 Å². The van der Waals surface area contributed by atoms with Gasteiger partial charge < -0.3 is 0 Å². The quantitative estimate of drug-likeness (QED) is 0.434. The summed E-state index contributed by atoms with van der Waals surface area (Å²) in [4.78, 5) is 0. The van der Waals surface area contributed by atoms with E-state index < -0.39 is 0 Å². The Morgan fingerprint density at radius 3 is 1.79 bits per heavy atom. The topological polar surface area (TPSA) is 0 Å². The number of alkyl halides is 5. The Kier molecular flexibility index (Phi) is 5.18. The van der Waals surface area contributed by atoms with Gasteiger partial charge in [0.1, 0.15) is 5.38 Å². The molecule has 0 aliphatic heterocycles. The molecular weight excluding hydrogens is 508 g/mol. The zero-order valence-electron chi connectivity index (χ0n) is 6.98. The van der Waals surface area contributed by atoms with Crippen molar-refractivity contribution in [3.8, 4) is 0 Å². The van der Waals surface area contributed by atoms with Gasteiger partial charge in [0.05, 0.1) is 0 Å². The minimum absolute atomic E-state index is 0.238. The van der Waals surface area contributed by atoms with Crippen LogP contribution >= 0.6 is 79.6 Å². The fraction of sp³-hybridized carbons (Fsp3) is 0.333. The van der Waals surface area contributed by atoms with E-state index in [1.807, 2.05) is 18.2 Å². The maximum atomic E-state index is 3.65. The van der Waals surface area contributed by atoms with Crippen molar-refractivity contribution in [1.29, 1.82) is 0 Å². The molecule has 0 spiro atoms. The van der Waals surface area contributed by atoms with Crippen LogP contribution in [0, 0.1) is 0 Å². The molecule has 14 heavy (non-hydrogen) atoms. The van der Waals surface area contributed by atoms with Gasteiger partial charge in [-0.15, -0.1) is 0 Å². The second-order valence-electron chi connectivity index (χ2n) is 2.86. The highest BCUT2D eigenvalue weighted by Gasteiger charge is 2.34. The second-order valence-corrected chi connectivity index (χ2v) is 13.9. The Balaban J connectivity index is 2.86. The number of hydrogen-bond acceptors (Lipinski definition) is 0. The largest absolute Gasteiger partial charge is 0.137 e. The standard InChI is InChI=1S/C9H7Br5/c10-8(11,6-9(12,13)14)7-4-2-1-3-5-7/h1-5H,6H2. The maximum absolute atomic E-state index is 3.65. The molecule has 0 saturated heterocycles. The first-order valence-corrected chi connectivity index (χ1v) is 7.78. The van der Waals surface area contributed by atoms with Gasteiger partial charge in [0.25, 0.3) is 0 Å². The Morgan fingerprint density at radius 2 is 1.36 bits per heavy atom. The molecule has 0 radical (unpaired) electrons. The first kappa shape index (κ1) is 13.7. The first-order chi connectivity index (χ1) is 6.31. The summed E-state index contributed by atoms with van der Waals surface area (Å²) in [6.07, 6.45) is 0.796. The summed E-state index contributed by atoms with van der Waals surface area (Å²) in [7, 11) is 0. The monoisotopic (exact) mass is 510 g/mol. The average Bonchev–Trinajstić information content (AvgIpc) is 2.01. The van der Waals surface area contributed by atoms with Gasteiger partial charge in [-0.1, -0.05) is 110 Å². The van der Waals surface area contributed by atoms with Crippen molar-refractivity contribution in [3.05, 3.63) is 35.9 Å². The van der Waals surface area contributed by atoms with Gasteiger partial charge in [-0.25, -0.2) is 0 Å². The predicted octanol–water partition coefficient (Wildman–Crippen LogP) is 5.86. The van der Waals surface area contributed by atoms with E-state index in [2.05, 4.69) is 91.8 Å². The van der Waals surface area contributed by atoms with Crippen LogP contribution in [-0.2, 0) is 3.23 Å². The van der Waals surface area contributed by atoms with E-state index in [0.717, 1.165) is 6.42 Å². The summed E-state index contributed by atoms with van der Waals surface area (Å²) < 4.78 is -0.506. The summed E-state index contributed by atoms with van der Waals surface area (Å²) in [5.74, 6) is 0. The minimum Gasteiger partial charge on any atom is -0.0673 e. The van der Waals surface area contributed by atoms with Crippen molar-refractivity contribution in [2.24, 2.45) is 0 Å². The normalized spacial score (nSPS) is 12.9. The van der Waals surface area contributed by atoms with E-state index in [1.165, 1.54) is 5.56 Å². The molecular formula is C9H7Br5. The molecule has 1 aromatic rings. The highest BCUT2D eigenvalue weighted by molar-refractivity contribution is 9.39. The molecule has 0 atom stereocenters. The van der Waals surface area contributed by atoms with Crippen LogP contribution in [0.25, 0.3) is 0 Å². The molecule has 0 unspecified atom stereocenters. The van der Waals surface area contributed by atoms with Gasteiger partial charge in [0.2, 0.25) is 0 Å². The SMILES string of the molecule is BrC(Br)(Br)CC(Br)(Br)c1ccccc1. The third kappa shape index (κ3) is 4.64. The summed E-state index contributed by atoms with van der Waals surface area (Å²) in [5.41, 5.74) is 1.18. The van der Waals surface area contributed by atoms with Crippen LogP contribution in [0.1, 0.15) is 12.0 Å². The lowest BCUT2D eigenvalue weighted by Gasteiger charge is -2.25. The first-order valence-electron chi connectivity index (χ1n) is 3.81. The number of rotatable bonds is 2. The van der Waals surface area contributed by atoms with E-state index in [0.29, 0.717) is 0 Å². The number of benzene rings is 1. The van der Waals surface area contributed by atoms with Gasteiger partial charge in [-0.05, 0) is 5.56 Å². The number of halogens is 5. The zero-order valence-corrected chi connectivity index (χ0v) is 14.9. The number of hydrogen-bond donors (Lipinski definition) is 0. The van der Waals surface area contributed by atoms with Gasteiger partial charge in [-0.2, -0.15) is 0 Å². The lowest BCUT2D eigenvalue weighted by atomic mass is 10.1. The fourth-order valence-electron chi connectivity index (χ4n) is 1.04. The molecule has 78 valence electrons. The Morgan fingerprint density at radius 1 is 0.857 bits per heavy atom. The van der Waals surface area contributed by atoms with Crippen molar-refractivity contribution in [3.63, 3.8) is 0 Å². The molecule has 0 aromatic heterocycles. The Hall–Kier alpha value is 1.62. The predicted molar refractivity (Wildman–Crippen MR) is 80.1 cm³/mol. The summed E-state index contributed by atoms with van der Waals surface area (Å²) >= 11 is 17.8. The van der Waals surface area contributed by atoms with E-state index in [-0.39, 0.29) is 5.38 Å². The molecule has 0 bridgehead atoms. The van der Waals surface area contributed by atoms with Gasteiger partial charge in [0.15, 0.2) is 0 Å². The molecule has 5 heteroatoms. The lowest BCUT2D eigenvalue weighted by Crippen LogP contribution is -2.16. The van der Waals surface area contributed by atoms with Crippen molar-refractivity contribution < 1.29 is 0 Å². The summed E-state index contributed by atoms with van der Waals surface area (Å²) in [6, 6.07) is 10.2. The third-order valence-electron chi connectivity index (χ3n) is 1.62. The molecule has 1 rings (SSSR count). The second kappa shape index (κ2) is 5.30. The van der Waals surface area contributed by atoms with E-state index >= 15 is 0 Å².